The van der Waals surface area contributed by atoms with Crippen molar-refractivity contribution in [2.45, 2.75) is 231 Å². The lowest BCUT2D eigenvalue weighted by atomic mass is 10.0. The largest absolute Gasteiger partial charge is 0.756 e. The molecular weight excluding hydrogens is 744 g/mol. The molecule has 3 atom stereocenters. The average Bonchev–Trinajstić information content (AvgIpc) is 3.17. The second-order valence-corrected chi connectivity index (χ2v) is 19.2. The molecule has 2 N–H and O–H groups in total. The Morgan fingerprint density at radius 3 is 1.40 bits per heavy atom. The number of hydrogen-bond acceptors (Lipinski definition) is 6. The number of phosphoric ester groups is 1. The van der Waals surface area contributed by atoms with Crippen LogP contribution in [0.15, 0.2) is 36.5 Å². The van der Waals surface area contributed by atoms with E-state index in [1.165, 1.54) is 148 Å². The summed E-state index contributed by atoms with van der Waals surface area (Å²) in [6.45, 7) is 4.63. The molecule has 0 radical (unpaired) electrons. The molecule has 0 aromatic rings. The Bertz CT molecular complexity index is 1040. The number of carbonyl (C=O) groups excluding carboxylic acids is 1. The van der Waals surface area contributed by atoms with E-state index in [1.807, 2.05) is 27.2 Å². The minimum absolute atomic E-state index is 0.00772. The van der Waals surface area contributed by atoms with E-state index >= 15 is 0 Å². The van der Waals surface area contributed by atoms with Gasteiger partial charge in [-0.25, -0.2) is 0 Å². The van der Waals surface area contributed by atoms with Crippen LogP contribution in [0, 0.1) is 0 Å². The van der Waals surface area contributed by atoms with Crippen LogP contribution in [-0.4, -0.2) is 68.5 Å². The third-order valence-electron chi connectivity index (χ3n) is 10.8. The van der Waals surface area contributed by atoms with Crippen LogP contribution in [0.25, 0.3) is 0 Å². The topological polar surface area (TPSA) is 108 Å². The van der Waals surface area contributed by atoms with Crippen molar-refractivity contribution in [2.75, 3.05) is 40.9 Å². The molecule has 342 valence electrons. The summed E-state index contributed by atoms with van der Waals surface area (Å²) in [5.41, 5.74) is 0. The van der Waals surface area contributed by atoms with Crippen molar-refractivity contribution in [2.24, 2.45) is 0 Å². The van der Waals surface area contributed by atoms with Gasteiger partial charge in [0.25, 0.3) is 7.82 Å². The second kappa shape index (κ2) is 41.1. The van der Waals surface area contributed by atoms with E-state index in [4.69, 9.17) is 9.05 Å². The van der Waals surface area contributed by atoms with Crippen molar-refractivity contribution in [1.82, 2.24) is 5.32 Å². The van der Waals surface area contributed by atoms with Gasteiger partial charge in [0, 0.05) is 6.42 Å². The van der Waals surface area contributed by atoms with Crippen LogP contribution in [0.1, 0.15) is 219 Å². The van der Waals surface area contributed by atoms with Gasteiger partial charge in [-0.3, -0.25) is 9.36 Å². The number of aliphatic hydroxyl groups excluding tert-OH is 1. The van der Waals surface area contributed by atoms with Crippen LogP contribution in [0.3, 0.4) is 0 Å². The van der Waals surface area contributed by atoms with Crippen LogP contribution in [0.5, 0.6) is 0 Å². The summed E-state index contributed by atoms with van der Waals surface area (Å²) in [6, 6.07) is -0.906. The zero-order valence-corrected chi connectivity index (χ0v) is 39.6. The monoisotopic (exact) mass is 839 g/mol. The minimum Gasteiger partial charge on any atom is -0.756 e. The predicted molar refractivity (Wildman–Crippen MR) is 247 cm³/mol. The highest BCUT2D eigenvalue weighted by Crippen LogP contribution is 2.38. The number of nitrogens with zero attached hydrogens (tertiary/aromatic N) is 1. The van der Waals surface area contributed by atoms with Crippen molar-refractivity contribution in [1.29, 1.82) is 0 Å². The lowest BCUT2D eigenvalue weighted by Gasteiger charge is -2.29. The van der Waals surface area contributed by atoms with Crippen molar-refractivity contribution in [3.8, 4) is 0 Å². The molecule has 0 fully saturated rings. The van der Waals surface area contributed by atoms with Gasteiger partial charge in [-0.15, -0.1) is 0 Å². The van der Waals surface area contributed by atoms with Crippen molar-refractivity contribution < 1.29 is 32.9 Å². The molecule has 0 rings (SSSR count). The fraction of sp³-hybridized carbons (Fsp3) is 0.857. The average molecular weight is 839 g/mol. The highest BCUT2D eigenvalue weighted by Gasteiger charge is 2.23. The lowest BCUT2D eigenvalue weighted by Crippen LogP contribution is -2.45. The van der Waals surface area contributed by atoms with Gasteiger partial charge < -0.3 is 28.8 Å². The van der Waals surface area contributed by atoms with E-state index in [0.29, 0.717) is 17.4 Å². The van der Waals surface area contributed by atoms with Crippen molar-refractivity contribution in [3.63, 3.8) is 0 Å². The first-order chi connectivity index (χ1) is 28.0. The lowest BCUT2D eigenvalue weighted by molar-refractivity contribution is -0.870. The number of quaternary nitrogens is 1. The van der Waals surface area contributed by atoms with Gasteiger partial charge in [-0.2, -0.15) is 0 Å². The van der Waals surface area contributed by atoms with Crippen LogP contribution in [0.2, 0.25) is 0 Å². The molecule has 0 aromatic carbocycles. The number of phosphoric acid groups is 1. The summed E-state index contributed by atoms with van der Waals surface area (Å²) in [7, 11) is 1.24. The Morgan fingerprint density at radius 2 is 0.966 bits per heavy atom. The number of nitrogens with one attached hydrogen (secondary N) is 1. The first kappa shape index (κ1) is 56.7. The van der Waals surface area contributed by atoms with E-state index in [9.17, 15) is 19.4 Å². The standard InChI is InChI=1S/C49H95N2O6P/c1-6-8-10-12-14-16-18-20-22-24-25-26-27-28-30-32-34-36-38-40-42-48(52)47(46-57-58(54,55)56-45-44-51(3,4)5)50-49(53)43-41-39-37-35-33-31-29-23-21-19-17-15-13-11-9-7-2/h23,29,32,34,40,42,47-48,52H,6-22,24-28,30-31,33,35-39,41,43-46H2,1-5H3,(H-,50,53,54,55)/b29-23-,34-32+,42-40+. The number of rotatable bonds is 44. The van der Waals surface area contributed by atoms with Crippen molar-refractivity contribution >= 4 is 13.7 Å². The molecule has 1 amide bonds. The maximum absolute atomic E-state index is 12.9. The normalized spacial score (nSPS) is 14.5. The molecule has 0 aliphatic heterocycles. The maximum atomic E-state index is 12.9. The van der Waals surface area contributed by atoms with Crippen LogP contribution in [0.4, 0.5) is 0 Å². The summed E-state index contributed by atoms with van der Waals surface area (Å²) < 4.78 is 23.2. The highest BCUT2D eigenvalue weighted by molar-refractivity contribution is 7.45. The maximum Gasteiger partial charge on any atom is 0.268 e. The number of unbranched alkanes of at least 4 members (excludes halogenated alkanes) is 27. The molecule has 0 saturated heterocycles. The number of likely N-dealkylation sites (N-methyl/N-ethyl adjacent to an activating group) is 1. The van der Waals surface area contributed by atoms with Gasteiger partial charge in [-0.1, -0.05) is 192 Å². The summed E-state index contributed by atoms with van der Waals surface area (Å²) >= 11 is 0. The number of aliphatic hydroxyl groups is 1. The Kier molecular flexibility index (Phi) is 40.2. The van der Waals surface area contributed by atoms with Gasteiger partial charge in [-0.05, 0) is 57.8 Å². The fourth-order valence-electron chi connectivity index (χ4n) is 6.93. The third kappa shape index (κ3) is 42.8. The zero-order valence-electron chi connectivity index (χ0n) is 38.8. The number of carbonyl (C=O) groups is 1. The minimum atomic E-state index is -4.60. The number of hydrogen-bond donors (Lipinski definition) is 2. The van der Waals surface area contributed by atoms with E-state index in [0.717, 1.165) is 51.4 Å². The molecule has 3 unspecified atom stereocenters. The first-order valence-electron chi connectivity index (χ1n) is 24.4. The predicted octanol–water partition coefficient (Wildman–Crippen LogP) is 13.2. The second-order valence-electron chi connectivity index (χ2n) is 17.8. The molecular formula is C49H95N2O6P. The Balaban J connectivity index is 4.41. The molecule has 0 saturated carbocycles. The quantitative estimate of drug-likeness (QED) is 0.0274. The van der Waals surface area contributed by atoms with Gasteiger partial charge >= 0.3 is 0 Å². The van der Waals surface area contributed by atoms with Gasteiger partial charge in [0.1, 0.15) is 13.2 Å². The molecule has 0 spiro atoms. The summed E-state index contributed by atoms with van der Waals surface area (Å²) in [4.78, 5) is 25.3. The van der Waals surface area contributed by atoms with Gasteiger partial charge in [0.15, 0.2) is 0 Å². The summed E-state index contributed by atoms with van der Waals surface area (Å²) in [5.74, 6) is -0.215. The molecule has 9 heteroatoms. The van der Waals surface area contributed by atoms with Crippen LogP contribution < -0.4 is 10.2 Å². The Morgan fingerprint density at radius 1 is 0.586 bits per heavy atom. The first-order valence-corrected chi connectivity index (χ1v) is 25.8. The Labute approximate surface area is 359 Å². The molecule has 0 aromatic heterocycles. The number of allylic oxidation sites excluding steroid dienone is 5. The third-order valence-corrected chi connectivity index (χ3v) is 11.8. The van der Waals surface area contributed by atoms with E-state index < -0.39 is 26.6 Å². The fourth-order valence-corrected chi connectivity index (χ4v) is 7.65. The van der Waals surface area contributed by atoms with Crippen LogP contribution in [-0.2, 0) is 18.4 Å². The molecule has 0 heterocycles. The number of amides is 1. The van der Waals surface area contributed by atoms with E-state index in [-0.39, 0.29) is 12.5 Å². The van der Waals surface area contributed by atoms with E-state index in [1.54, 1.807) is 6.08 Å². The molecule has 8 nitrogen and oxygen atoms in total. The smallest absolute Gasteiger partial charge is 0.268 e. The van der Waals surface area contributed by atoms with Crippen molar-refractivity contribution in [3.05, 3.63) is 36.5 Å². The van der Waals surface area contributed by atoms with E-state index in [2.05, 4.69) is 43.5 Å². The van der Waals surface area contributed by atoms with Crippen LogP contribution >= 0.6 is 7.82 Å². The SMILES string of the molecule is CCCCCCCCC/C=C\CCCCCCCC(=O)NC(COP(=O)([O-])OCC[N+](C)(C)C)C(O)/C=C/CC/C=C/CCCCCCCCCCCCCCCC. The Hall–Kier alpha value is -1.28. The molecule has 0 aliphatic rings. The highest BCUT2D eigenvalue weighted by atomic mass is 31.2. The zero-order chi connectivity index (χ0) is 42.8. The molecule has 0 aliphatic carbocycles. The summed E-state index contributed by atoms with van der Waals surface area (Å²) in [6.07, 6.45) is 50.5. The summed E-state index contributed by atoms with van der Waals surface area (Å²) in [5, 5.41) is 13.8. The molecule has 58 heavy (non-hydrogen) atoms. The van der Waals surface area contributed by atoms with Gasteiger partial charge in [0.2, 0.25) is 5.91 Å². The molecule has 0 bridgehead atoms. The van der Waals surface area contributed by atoms with Gasteiger partial charge in [0.05, 0.1) is 39.9 Å².